The molecule has 0 radical (unpaired) electrons. The highest BCUT2D eigenvalue weighted by molar-refractivity contribution is 7.92. The van der Waals surface area contributed by atoms with Crippen LogP contribution in [0.15, 0.2) is 78.3 Å². The zero-order valence-corrected chi connectivity index (χ0v) is 19.7. The topological polar surface area (TPSA) is 103 Å². The first kappa shape index (κ1) is 24.3. The van der Waals surface area contributed by atoms with Gasteiger partial charge in [0.05, 0.1) is 51.5 Å². The van der Waals surface area contributed by atoms with Crippen molar-refractivity contribution in [1.29, 1.82) is 0 Å². The second kappa shape index (κ2) is 8.92. The Bertz CT molecular complexity index is 1750. The van der Waals surface area contributed by atoms with E-state index in [4.69, 9.17) is 0 Å². The number of fused-ring (bicyclic) bond motifs is 1. The van der Waals surface area contributed by atoms with Gasteiger partial charge in [0.25, 0.3) is 10.0 Å². The zero-order chi connectivity index (χ0) is 26.4. The van der Waals surface area contributed by atoms with Crippen molar-refractivity contribution >= 4 is 26.7 Å². The molecule has 13 heteroatoms. The largest absolute Gasteiger partial charge is 0.419 e. The molecule has 0 saturated carbocycles. The van der Waals surface area contributed by atoms with E-state index in [1.165, 1.54) is 18.5 Å². The predicted molar refractivity (Wildman–Crippen MR) is 127 cm³/mol. The summed E-state index contributed by atoms with van der Waals surface area (Å²) in [7, 11) is -2.68. The second-order valence-corrected chi connectivity index (χ2v) is 9.75. The summed E-state index contributed by atoms with van der Waals surface area (Å²) in [6, 6.07) is 8.19. The van der Waals surface area contributed by atoms with Crippen molar-refractivity contribution in [2.75, 3.05) is 4.72 Å². The molecule has 0 aliphatic carbocycles. The van der Waals surface area contributed by atoms with Crippen LogP contribution in [-0.2, 0) is 23.2 Å². The number of hydrogen-bond acceptors (Lipinski definition) is 6. The van der Waals surface area contributed by atoms with Crippen LogP contribution in [-0.4, -0.2) is 33.2 Å². The summed E-state index contributed by atoms with van der Waals surface area (Å²) in [4.78, 5) is 12.4. The molecule has 8 nitrogen and oxygen atoms in total. The van der Waals surface area contributed by atoms with E-state index in [1.54, 1.807) is 48.5 Å². The average molecular weight is 528 g/mol. The molecule has 0 atom stereocenters. The van der Waals surface area contributed by atoms with Gasteiger partial charge in [0.15, 0.2) is 0 Å². The van der Waals surface area contributed by atoms with Gasteiger partial charge in [-0.2, -0.15) is 18.3 Å². The Kier molecular flexibility index (Phi) is 5.86. The molecule has 0 aliphatic rings. The molecule has 0 amide bonds. The van der Waals surface area contributed by atoms with Crippen LogP contribution in [0.5, 0.6) is 0 Å². The van der Waals surface area contributed by atoms with E-state index < -0.39 is 32.5 Å². The number of nitrogens with zero attached hydrogens (tertiary/aromatic N) is 5. The molecule has 0 fully saturated rings. The standard InChI is InChI=1S/C24H16F4N6O2S/c1-34-13-16(10-31-34)23-12-30-21-5-2-14(7-22(21)32-23)15-6-17(11-29-9-15)33-37(35,36)18-3-4-20(25)19(8-18)24(26,27)28/h2-13,33H,1H3. The third-order valence-electron chi connectivity index (χ3n) is 5.42. The first-order chi connectivity index (χ1) is 17.5. The van der Waals surface area contributed by atoms with Gasteiger partial charge < -0.3 is 0 Å². The van der Waals surface area contributed by atoms with E-state index in [9.17, 15) is 26.0 Å². The summed E-state index contributed by atoms with van der Waals surface area (Å²) in [5.41, 5.74) is 2.13. The van der Waals surface area contributed by atoms with E-state index in [0.717, 1.165) is 11.6 Å². The van der Waals surface area contributed by atoms with Crippen molar-refractivity contribution in [2.24, 2.45) is 7.05 Å². The van der Waals surface area contributed by atoms with Gasteiger partial charge in [-0.1, -0.05) is 6.07 Å². The molecule has 2 aromatic carbocycles. The smallest absolute Gasteiger partial charge is 0.278 e. The molecule has 5 rings (SSSR count). The van der Waals surface area contributed by atoms with Crippen molar-refractivity contribution in [3.05, 3.63) is 84.8 Å². The first-order valence-electron chi connectivity index (χ1n) is 10.6. The summed E-state index contributed by atoms with van der Waals surface area (Å²) in [6.45, 7) is 0. The highest BCUT2D eigenvalue weighted by Gasteiger charge is 2.35. The number of pyridine rings is 1. The van der Waals surface area contributed by atoms with Gasteiger partial charge in [0.1, 0.15) is 5.82 Å². The molecule has 0 unspecified atom stereocenters. The van der Waals surface area contributed by atoms with Crippen LogP contribution in [0.25, 0.3) is 33.4 Å². The molecule has 0 aliphatic heterocycles. The van der Waals surface area contributed by atoms with Crippen LogP contribution < -0.4 is 4.72 Å². The van der Waals surface area contributed by atoms with Gasteiger partial charge in [-0.25, -0.2) is 17.8 Å². The van der Waals surface area contributed by atoms with Crippen LogP contribution >= 0.6 is 0 Å². The van der Waals surface area contributed by atoms with Crippen molar-refractivity contribution in [2.45, 2.75) is 11.1 Å². The zero-order valence-electron chi connectivity index (χ0n) is 18.9. The third-order valence-corrected chi connectivity index (χ3v) is 6.80. The Morgan fingerprint density at radius 1 is 0.892 bits per heavy atom. The summed E-state index contributed by atoms with van der Waals surface area (Å²) in [5.74, 6) is -1.57. The van der Waals surface area contributed by atoms with E-state index in [1.807, 2.05) is 0 Å². The molecule has 5 aromatic rings. The van der Waals surface area contributed by atoms with Gasteiger partial charge in [-0.05, 0) is 42.0 Å². The number of halogens is 4. The Morgan fingerprint density at radius 3 is 2.43 bits per heavy atom. The number of aryl methyl sites for hydroxylation is 1. The van der Waals surface area contributed by atoms with Crippen LogP contribution in [0.4, 0.5) is 23.2 Å². The van der Waals surface area contributed by atoms with Gasteiger partial charge >= 0.3 is 6.18 Å². The summed E-state index contributed by atoms with van der Waals surface area (Å²) in [5, 5.41) is 4.13. The SMILES string of the molecule is Cn1cc(-c2cnc3ccc(-c4cncc(NS(=O)(=O)c5ccc(F)c(C(F)(F)F)c5)c4)cc3n2)cn1. The maximum Gasteiger partial charge on any atom is 0.419 e. The van der Waals surface area contributed by atoms with Gasteiger partial charge in [0, 0.05) is 30.6 Å². The second-order valence-electron chi connectivity index (χ2n) is 8.07. The molecule has 188 valence electrons. The molecule has 3 aromatic heterocycles. The predicted octanol–water partition coefficient (Wildman–Crippen LogP) is 5.05. The minimum Gasteiger partial charge on any atom is -0.278 e. The lowest BCUT2D eigenvalue weighted by Gasteiger charge is -2.12. The lowest BCUT2D eigenvalue weighted by atomic mass is 10.1. The van der Waals surface area contributed by atoms with E-state index in [0.29, 0.717) is 33.9 Å². The molecular weight excluding hydrogens is 512 g/mol. The van der Waals surface area contributed by atoms with Gasteiger partial charge in [0.2, 0.25) is 0 Å². The quantitative estimate of drug-likeness (QED) is 0.320. The van der Waals surface area contributed by atoms with Crippen molar-refractivity contribution in [3.63, 3.8) is 0 Å². The Hall–Kier alpha value is -4.39. The van der Waals surface area contributed by atoms with E-state index in [2.05, 4.69) is 24.8 Å². The van der Waals surface area contributed by atoms with Crippen molar-refractivity contribution < 1.29 is 26.0 Å². The highest BCUT2D eigenvalue weighted by atomic mass is 32.2. The first-order valence-corrected chi connectivity index (χ1v) is 12.1. The normalized spacial score (nSPS) is 12.1. The highest BCUT2D eigenvalue weighted by Crippen LogP contribution is 2.33. The van der Waals surface area contributed by atoms with Crippen molar-refractivity contribution in [3.8, 4) is 22.4 Å². The fourth-order valence-corrected chi connectivity index (χ4v) is 4.70. The molecule has 0 saturated heterocycles. The number of sulfonamides is 1. The minimum absolute atomic E-state index is 0.00526. The number of hydrogen-bond donors (Lipinski definition) is 1. The summed E-state index contributed by atoms with van der Waals surface area (Å²) >= 11 is 0. The third kappa shape index (κ3) is 4.98. The number of aromatic nitrogens is 5. The van der Waals surface area contributed by atoms with Crippen molar-refractivity contribution in [1.82, 2.24) is 24.7 Å². The fraction of sp³-hybridized carbons (Fsp3) is 0.0833. The lowest BCUT2D eigenvalue weighted by Crippen LogP contribution is -2.16. The Morgan fingerprint density at radius 2 is 1.70 bits per heavy atom. The number of alkyl halides is 3. The molecule has 37 heavy (non-hydrogen) atoms. The van der Waals surface area contributed by atoms with Crippen LogP contribution in [0.3, 0.4) is 0 Å². The Balaban J connectivity index is 1.46. The maximum atomic E-state index is 13.6. The number of anilines is 1. The average Bonchev–Trinajstić information content (AvgIpc) is 3.29. The Labute approximate surface area is 207 Å². The number of nitrogens with one attached hydrogen (secondary N) is 1. The number of benzene rings is 2. The van der Waals surface area contributed by atoms with Crippen LogP contribution in [0, 0.1) is 5.82 Å². The maximum absolute atomic E-state index is 13.6. The van der Waals surface area contributed by atoms with Crippen LogP contribution in [0.2, 0.25) is 0 Å². The monoisotopic (exact) mass is 528 g/mol. The molecular formula is C24H16F4N6O2S. The fourth-order valence-electron chi connectivity index (χ4n) is 3.64. The molecule has 0 bridgehead atoms. The van der Waals surface area contributed by atoms with E-state index in [-0.39, 0.29) is 11.8 Å². The lowest BCUT2D eigenvalue weighted by molar-refractivity contribution is -0.140. The molecule has 0 spiro atoms. The number of rotatable bonds is 5. The van der Waals surface area contributed by atoms with E-state index >= 15 is 0 Å². The molecule has 3 heterocycles. The van der Waals surface area contributed by atoms with Gasteiger partial charge in [-0.3, -0.25) is 19.4 Å². The molecule has 1 N–H and O–H groups in total. The van der Waals surface area contributed by atoms with Crippen LogP contribution in [0.1, 0.15) is 5.56 Å². The van der Waals surface area contributed by atoms with Gasteiger partial charge in [-0.15, -0.1) is 0 Å². The minimum atomic E-state index is -5.05. The summed E-state index contributed by atoms with van der Waals surface area (Å²) < 4.78 is 82.0. The summed E-state index contributed by atoms with van der Waals surface area (Å²) in [6.07, 6.45) is 2.76.